The topological polar surface area (TPSA) is 68.6 Å². The molecule has 0 radical (unpaired) electrons. The number of anilines is 2. The number of methoxy groups -OCH3 is 1. The Morgan fingerprint density at radius 2 is 2.00 bits per heavy atom. The lowest BCUT2D eigenvalue weighted by atomic mass is 9.89. The van der Waals surface area contributed by atoms with Crippen molar-refractivity contribution in [3.63, 3.8) is 0 Å². The maximum absolute atomic E-state index is 12.7. The van der Waals surface area contributed by atoms with E-state index in [1.165, 1.54) is 10.6 Å². The summed E-state index contributed by atoms with van der Waals surface area (Å²) >= 11 is 1.59. The van der Waals surface area contributed by atoms with Gasteiger partial charge in [0.15, 0.2) is 0 Å². The van der Waals surface area contributed by atoms with Gasteiger partial charge in [-0.1, -0.05) is 6.92 Å². The summed E-state index contributed by atoms with van der Waals surface area (Å²) in [4.78, 5) is 18.4. The first-order chi connectivity index (χ1) is 14.6. The minimum absolute atomic E-state index is 0.0314. The van der Waals surface area contributed by atoms with E-state index in [-0.39, 0.29) is 5.91 Å². The third-order valence-electron chi connectivity index (χ3n) is 6.05. The van der Waals surface area contributed by atoms with Gasteiger partial charge in [0.1, 0.15) is 16.8 Å². The van der Waals surface area contributed by atoms with E-state index in [4.69, 9.17) is 4.74 Å². The Morgan fingerprint density at radius 3 is 2.67 bits per heavy atom. The number of benzene rings is 1. The second kappa shape index (κ2) is 9.07. The number of nitrogens with zero attached hydrogens (tertiary/aromatic N) is 3. The lowest BCUT2D eigenvalue weighted by Crippen LogP contribution is -2.48. The third kappa shape index (κ3) is 4.45. The highest BCUT2D eigenvalue weighted by Crippen LogP contribution is 2.39. The van der Waals surface area contributed by atoms with Crippen LogP contribution in [0.25, 0.3) is 0 Å². The predicted molar refractivity (Wildman–Crippen MR) is 120 cm³/mol. The van der Waals surface area contributed by atoms with Crippen molar-refractivity contribution in [2.24, 2.45) is 5.92 Å². The van der Waals surface area contributed by atoms with Crippen molar-refractivity contribution in [1.82, 2.24) is 4.90 Å². The first kappa shape index (κ1) is 20.7. The molecule has 1 N–H and O–H groups in total. The molecule has 2 heterocycles. The number of thiophene rings is 1. The molecule has 158 valence electrons. The molecule has 0 saturated carbocycles. The van der Waals surface area contributed by atoms with Crippen LogP contribution in [0.1, 0.15) is 29.3 Å². The normalized spacial score (nSPS) is 19.1. The lowest BCUT2D eigenvalue weighted by molar-refractivity contribution is -0.117. The minimum Gasteiger partial charge on any atom is -0.497 e. The van der Waals surface area contributed by atoms with Crippen LogP contribution < -0.4 is 15.0 Å². The molecule has 4 rings (SSSR count). The Bertz CT molecular complexity index is 939. The highest BCUT2D eigenvalue weighted by Gasteiger charge is 2.25. The summed E-state index contributed by atoms with van der Waals surface area (Å²) < 4.78 is 5.22. The Balaban J connectivity index is 1.32. The standard InChI is InChI=1S/C23H28N4O2S/c1-16-3-8-19-20(14-24)23(30-21(19)13-16)25-22(28)15-26-9-11-27(12-10-26)17-4-6-18(29-2)7-5-17/h4-7,16H,3,8-13,15H2,1-2H3,(H,25,28). The molecule has 30 heavy (non-hydrogen) atoms. The molecule has 2 aromatic rings. The van der Waals surface area contributed by atoms with Crippen molar-refractivity contribution in [1.29, 1.82) is 5.26 Å². The Morgan fingerprint density at radius 1 is 1.27 bits per heavy atom. The minimum atomic E-state index is -0.0314. The summed E-state index contributed by atoms with van der Waals surface area (Å²) in [7, 11) is 1.67. The van der Waals surface area contributed by atoms with E-state index >= 15 is 0 Å². The number of fused-ring (bicyclic) bond motifs is 1. The van der Waals surface area contributed by atoms with Gasteiger partial charge in [-0.3, -0.25) is 9.69 Å². The van der Waals surface area contributed by atoms with Crippen LogP contribution >= 0.6 is 11.3 Å². The summed E-state index contributed by atoms with van der Waals surface area (Å²) in [5, 5.41) is 13.4. The van der Waals surface area contributed by atoms with Crippen molar-refractivity contribution >= 4 is 27.9 Å². The number of hydrogen-bond donors (Lipinski definition) is 1. The van der Waals surface area contributed by atoms with Crippen LogP contribution in [0.4, 0.5) is 10.7 Å². The molecular formula is C23H28N4O2S. The molecular weight excluding hydrogens is 396 g/mol. The number of ether oxygens (including phenoxy) is 1. The fourth-order valence-corrected chi connectivity index (χ4v) is 5.66. The molecule has 1 unspecified atom stereocenters. The summed E-state index contributed by atoms with van der Waals surface area (Å²) in [5.74, 6) is 1.47. The van der Waals surface area contributed by atoms with Crippen LogP contribution in [-0.2, 0) is 17.6 Å². The number of nitrogens with one attached hydrogen (secondary N) is 1. The smallest absolute Gasteiger partial charge is 0.239 e. The number of carbonyl (C=O) groups is 1. The molecule has 1 fully saturated rings. The Kier molecular flexibility index (Phi) is 6.26. The highest BCUT2D eigenvalue weighted by atomic mass is 32.1. The van der Waals surface area contributed by atoms with Crippen molar-refractivity contribution < 1.29 is 9.53 Å². The van der Waals surface area contributed by atoms with Crippen LogP contribution in [0.3, 0.4) is 0 Å². The van der Waals surface area contributed by atoms with Crippen LogP contribution in [0.5, 0.6) is 5.75 Å². The molecule has 1 atom stereocenters. The monoisotopic (exact) mass is 424 g/mol. The van der Waals surface area contributed by atoms with Gasteiger partial charge in [-0.05, 0) is 55.0 Å². The van der Waals surface area contributed by atoms with Gasteiger partial charge in [0.05, 0.1) is 19.2 Å². The largest absolute Gasteiger partial charge is 0.497 e. The molecule has 0 bridgehead atoms. The number of carbonyl (C=O) groups excluding carboxylic acids is 1. The van der Waals surface area contributed by atoms with Crippen LogP contribution in [0.2, 0.25) is 0 Å². The fourth-order valence-electron chi connectivity index (χ4n) is 4.28. The SMILES string of the molecule is COc1ccc(N2CCN(CC(=O)Nc3sc4c(c3C#N)CCC(C)C4)CC2)cc1. The van der Waals surface area contributed by atoms with Gasteiger partial charge in [-0.25, -0.2) is 0 Å². The molecule has 1 aliphatic heterocycles. The maximum Gasteiger partial charge on any atom is 0.239 e. The Hall–Kier alpha value is -2.56. The summed E-state index contributed by atoms with van der Waals surface area (Å²) in [6.07, 6.45) is 3.07. The van der Waals surface area contributed by atoms with Gasteiger partial charge in [0.2, 0.25) is 5.91 Å². The van der Waals surface area contributed by atoms with Crippen molar-refractivity contribution in [3.8, 4) is 11.8 Å². The molecule has 7 heteroatoms. The molecule has 1 aliphatic carbocycles. The zero-order chi connectivity index (χ0) is 21.1. The van der Waals surface area contributed by atoms with Crippen LogP contribution in [-0.4, -0.2) is 50.6 Å². The Labute approximate surface area is 182 Å². The molecule has 2 aliphatic rings. The number of nitriles is 1. The summed E-state index contributed by atoms with van der Waals surface area (Å²) in [6, 6.07) is 10.4. The van der Waals surface area contributed by atoms with Crippen LogP contribution in [0, 0.1) is 17.2 Å². The third-order valence-corrected chi connectivity index (χ3v) is 7.22. The van der Waals surface area contributed by atoms with Crippen molar-refractivity contribution in [2.45, 2.75) is 26.2 Å². The van der Waals surface area contributed by atoms with Gasteiger partial charge in [-0.2, -0.15) is 5.26 Å². The number of piperazine rings is 1. The van der Waals surface area contributed by atoms with Gasteiger partial charge >= 0.3 is 0 Å². The summed E-state index contributed by atoms with van der Waals surface area (Å²) in [5.41, 5.74) is 3.01. The zero-order valence-electron chi connectivity index (χ0n) is 17.6. The molecule has 1 saturated heterocycles. The number of rotatable bonds is 5. The molecule has 1 aromatic carbocycles. The van der Waals surface area contributed by atoms with Crippen molar-refractivity contribution in [2.75, 3.05) is 50.1 Å². The van der Waals surface area contributed by atoms with Gasteiger partial charge in [0.25, 0.3) is 0 Å². The van der Waals surface area contributed by atoms with E-state index in [1.54, 1.807) is 18.4 Å². The van der Waals surface area contributed by atoms with Crippen LogP contribution in [0.15, 0.2) is 24.3 Å². The lowest BCUT2D eigenvalue weighted by Gasteiger charge is -2.35. The first-order valence-corrected chi connectivity index (χ1v) is 11.3. The molecule has 6 nitrogen and oxygen atoms in total. The van der Waals surface area contributed by atoms with E-state index in [0.29, 0.717) is 18.0 Å². The van der Waals surface area contributed by atoms with Gasteiger partial charge in [0, 0.05) is 36.7 Å². The predicted octanol–water partition coefficient (Wildman–Crippen LogP) is 3.51. The van der Waals surface area contributed by atoms with Crippen molar-refractivity contribution in [3.05, 3.63) is 40.3 Å². The highest BCUT2D eigenvalue weighted by molar-refractivity contribution is 7.16. The van der Waals surface area contributed by atoms with E-state index in [2.05, 4.69) is 40.2 Å². The summed E-state index contributed by atoms with van der Waals surface area (Å²) in [6.45, 7) is 6.05. The van der Waals surface area contributed by atoms with E-state index in [1.807, 2.05) is 12.1 Å². The average Bonchev–Trinajstić information content (AvgIpc) is 3.10. The van der Waals surface area contributed by atoms with E-state index < -0.39 is 0 Å². The quantitative estimate of drug-likeness (QED) is 0.795. The van der Waals surface area contributed by atoms with Gasteiger partial charge in [-0.15, -0.1) is 11.3 Å². The second-order valence-electron chi connectivity index (χ2n) is 8.18. The van der Waals surface area contributed by atoms with E-state index in [9.17, 15) is 10.1 Å². The van der Waals surface area contributed by atoms with E-state index in [0.717, 1.165) is 61.8 Å². The number of hydrogen-bond acceptors (Lipinski definition) is 6. The second-order valence-corrected chi connectivity index (χ2v) is 9.28. The molecule has 0 spiro atoms. The maximum atomic E-state index is 12.7. The molecule has 1 amide bonds. The molecule has 1 aromatic heterocycles. The number of amides is 1. The zero-order valence-corrected chi connectivity index (χ0v) is 18.4. The fraction of sp³-hybridized carbons (Fsp3) is 0.478. The van der Waals surface area contributed by atoms with Gasteiger partial charge < -0.3 is 15.0 Å². The first-order valence-electron chi connectivity index (χ1n) is 10.5. The average molecular weight is 425 g/mol.